The van der Waals surface area contributed by atoms with Crippen LogP contribution >= 0.6 is 0 Å². The van der Waals surface area contributed by atoms with Gasteiger partial charge < -0.3 is 9.57 Å². The molecule has 2 unspecified atom stereocenters. The van der Waals surface area contributed by atoms with Crippen LogP contribution in [0, 0.1) is 0 Å². The maximum Gasteiger partial charge on any atom is 0.337 e. The second-order valence-corrected chi connectivity index (χ2v) is 7.42. The first-order valence-electron chi connectivity index (χ1n) is 10.7. The highest BCUT2D eigenvalue weighted by Gasteiger charge is 2.43. The number of carbonyl (C=O) groups excluding carboxylic acids is 2. The number of hydrogen-bond donors (Lipinski definition) is 1. The molecule has 0 bridgehead atoms. The first-order chi connectivity index (χ1) is 15.5. The number of anilines is 1. The van der Waals surface area contributed by atoms with Crippen LogP contribution in [0.3, 0.4) is 0 Å². The Hall–Kier alpha value is -3.45. The molecule has 32 heavy (non-hydrogen) atoms. The van der Waals surface area contributed by atoms with Gasteiger partial charge in [0, 0.05) is 11.3 Å². The summed E-state index contributed by atoms with van der Waals surface area (Å²) in [5.41, 5.74) is 3.38. The number of ether oxygens (including phenoxy) is 1. The number of β-lactam (4-membered cyclic amide) rings is 1. The van der Waals surface area contributed by atoms with E-state index in [1.807, 2.05) is 51.1 Å². The number of benzene rings is 2. The fourth-order valence-electron chi connectivity index (χ4n) is 3.58. The van der Waals surface area contributed by atoms with E-state index in [0.29, 0.717) is 22.5 Å². The largest absolute Gasteiger partial charge is 0.465 e. The highest BCUT2D eigenvalue weighted by Crippen LogP contribution is 2.43. The number of rotatable bonds is 9. The fourth-order valence-corrected chi connectivity index (χ4v) is 3.58. The lowest BCUT2D eigenvalue weighted by atomic mass is 9.86. The van der Waals surface area contributed by atoms with Gasteiger partial charge in [0.1, 0.15) is 0 Å². The number of methoxy groups -OCH3 is 1. The van der Waals surface area contributed by atoms with Crippen LogP contribution in [0.1, 0.15) is 49.2 Å². The van der Waals surface area contributed by atoms with Gasteiger partial charge in [-0.3, -0.25) is 15.0 Å². The molecule has 2 atom stereocenters. The summed E-state index contributed by atoms with van der Waals surface area (Å²) in [4.78, 5) is 32.1. The number of nitrogens with zero attached hydrogens (tertiary/aromatic N) is 2. The van der Waals surface area contributed by atoms with E-state index < -0.39 is 5.97 Å². The summed E-state index contributed by atoms with van der Waals surface area (Å²) in [5, 5.41) is 7.39. The molecule has 7 nitrogen and oxygen atoms in total. The molecule has 0 saturated carbocycles. The van der Waals surface area contributed by atoms with Crippen LogP contribution in [-0.2, 0) is 14.4 Å². The normalized spacial score (nSPS) is 18.3. The van der Waals surface area contributed by atoms with Crippen LogP contribution in [0.5, 0.6) is 0 Å². The molecule has 1 heterocycles. The lowest BCUT2D eigenvalue weighted by Crippen LogP contribution is -2.49. The standard InChI is InChI=1S/C25H29N3O4/c1-5-22(26-6-2)32-27-17(3)16-21-23(18-10-8-7-9-11-18)28(24(21)29)20-14-12-19(13-15-20)25(30)31-4/h7-16,22-23,26H,5-6H2,1-4H3. The first-order valence-corrected chi connectivity index (χ1v) is 10.7. The van der Waals surface area contributed by atoms with Gasteiger partial charge in [-0.2, -0.15) is 0 Å². The highest BCUT2D eigenvalue weighted by atomic mass is 16.6. The van der Waals surface area contributed by atoms with Crippen molar-refractivity contribution in [3.05, 3.63) is 77.4 Å². The molecule has 7 heteroatoms. The predicted octanol–water partition coefficient (Wildman–Crippen LogP) is 4.23. The Balaban J connectivity index is 1.88. The van der Waals surface area contributed by atoms with Gasteiger partial charge in [0.05, 0.1) is 24.4 Å². The molecule has 1 fully saturated rings. The summed E-state index contributed by atoms with van der Waals surface area (Å²) >= 11 is 0. The van der Waals surface area contributed by atoms with E-state index in [1.165, 1.54) is 7.11 Å². The maximum absolute atomic E-state index is 13.1. The number of hydrogen-bond acceptors (Lipinski definition) is 6. The van der Waals surface area contributed by atoms with Crippen LogP contribution in [-0.4, -0.2) is 37.5 Å². The third kappa shape index (κ3) is 5.06. The minimum absolute atomic E-state index is 0.113. The molecule has 2 aromatic rings. The van der Waals surface area contributed by atoms with Gasteiger partial charge in [0.2, 0.25) is 0 Å². The quantitative estimate of drug-likeness (QED) is 0.159. The third-order valence-electron chi connectivity index (χ3n) is 5.19. The van der Waals surface area contributed by atoms with Crippen molar-refractivity contribution in [3.8, 4) is 0 Å². The van der Waals surface area contributed by atoms with Crippen LogP contribution in [0.2, 0.25) is 0 Å². The lowest BCUT2D eigenvalue weighted by molar-refractivity contribution is -0.119. The maximum atomic E-state index is 13.1. The lowest BCUT2D eigenvalue weighted by Gasteiger charge is -2.43. The number of esters is 1. The van der Waals surface area contributed by atoms with E-state index in [2.05, 4.69) is 10.5 Å². The van der Waals surface area contributed by atoms with Crippen LogP contribution < -0.4 is 10.2 Å². The number of allylic oxidation sites excluding steroid dienone is 1. The van der Waals surface area contributed by atoms with Crippen molar-refractivity contribution in [1.29, 1.82) is 0 Å². The molecule has 0 aromatic heterocycles. The zero-order valence-electron chi connectivity index (χ0n) is 18.9. The summed E-state index contributed by atoms with van der Waals surface area (Å²) in [6.45, 7) is 6.62. The highest BCUT2D eigenvalue weighted by molar-refractivity contribution is 6.18. The Morgan fingerprint density at radius 3 is 2.44 bits per heavy atom. The van der Waals surface area contributed by atoms with Gasteiger partial charge in [-0.1, -0.05) is 49.3 Å². The summed E-state index contributed by atoms with van der Waals surface area (Å²) in [6.07, 6.45) is 2.39. The molecular formula is C25H29N3O4. The SMILES string of the molecule is CCNC(CC)ON=C(C)C=C1C(=O)N(c2ccc(C(=O)OC)cc2)C1c1ccccc1. The number of amides is 1. The van der Waals surface area contributed by atoms with E-state index in [9.17, 15) is 9.59 Å². The topological polar surface area (TPSA) is 80.2 Å². The van der Waals surface area contributed by atoms with Crippen molar-refractivity contribution in [2.24, 2.45) is 5.16 Å². The smallest absolute Gasteiger partial charge is 0.337 e. The van der Waals surface area contributed by atoms with E-state index in [4.69, 9.17) is 9.57 Å². The molecule has 0 spiro atoms. The molecule has 0 radical (unpaired) electrons. The summed E-state index contributed by atoms with van der Waals surface area (Å²) in [5.74, 6) is -0.528. The van der Waals surface area contributed by atoms with Crippen LogP contribution in [0.25, 0.3) is 0 Å². The van der Waals surface area contributed by atoms with Crippen molar-refractivity contribution in [3.63, 3.8) is 0 Å². The number of nitrogens with one attached hydrogen (secondary N) is 1. The molecule has 0 aliphatic carbocycles. The Labute approximate surface area is 188 Å². The van der Waals surface area contributed by atoms with Crippen molar-refractivity contribution in [1.82, 2.24) is 5.32 Å². The van der Waals surface area contributed by atoms with Crippen LogP contribution in [0.4, 0.5) is 5.69 Å². The van der Waals surface area contributed by atoms with E-state index in [0.717, 1.165) is 18.5 Å². The monoisotopic (exact) mass is 435 g/mol. The van der Waals surface area contributed by atoms with Crippen molar-refractivity contribution < 1.29 is 19.2 Å². The zero-order chi connectivity index (χ0) is 23.1. The van der Waals surface area contributed by atoms with E-state index in [1.54, 1.807) is 35.2 Å². The average Bonchev–Trinajstić information content (AvgIpc) is 2.83. The Bertz CT molecular complexity index is 1000. The molecule has 1 saturated heterocycles. The molecule has 1 N–H and O–H groups in total. The number of carbonyl (C=O) groups is 2. The third-order valence-corrected chi connectivity index (χ3v) is 5.19. The van der Waals surface area contributed by atoms with Gasteiger partial charge in [0.15, 0.2) is 6.23 Å². The Kier molecular flexibility index (Phi) is 7.78. The van der Waals surface area contributed by atoms with Crippen molar-refractivity contribution >= 4 is 23.3 Å². The van der Waals surface area contributed by atoms with E-state index >= 15 is 0 Å². The molecule has 2 aromatic carbocycles. The van der Waals surface area contributed by atoms with Gasteiger partial charge >= 0.3 is 5.97 Å². The molecule has 1 aliphatic heterocycles. The second-order valence-electron chi connectivity index (χ2n) is 7.42. The van der Waals surface area contributed by atoms with Gasteiger partial charge in [-0.05, 0) is 55.8 Å². The van der Waals surface area contributed by atoms with Gasteiger partial charge in [-0.25, -0.2) is 4.79 Å². The number of oxime groups is 1. The Morgan fingerprint density at radius 2 is 1.84 bits per heavy atom. The van der Waals surface area contributed by atoms with Crippen LogP contribution in [0.15, 0.2) is 71.4 Å². The first kappa shape index (κ1) is 23.2. The minimum atomic E-state index is -0.415. The van der Waals surface area contributed by atoms with Gasteiger partial charge in [-0.15, -0.1) is 0 Å². The molecular weight excluding hydrogens is 406 g/mol. The molecule has 1 amide bonds. The summed E-state index contributed by atoms with van der Waals surface area (Å²) < 4.78 is 4.75. The zero-order valence-corrected chi connectivity index (χ0v) is 18.9. The summed E-state index contributed by atoms with van der Waals surface area (Å²) in [7, 11) is 1.34. The predicted molar refractivity (Wildman–Crippen MR) is 124 cm³/mol. The molecule has 168 valence electrons. The summed E-state index contributed by atoms with van der Waals surface area (Å²) in [6, 6.07) is 16.4. The molecule has 1 aliphatic rings. The minimum Gasteiger partial charge on any atom is -0.465 e. The van der Waals surface area contributed by atoms with Crippen molar-refractivity contribution in [2.75, 3.05) is 18.6 Å². The Morgan fingerprint density at radius 1 is 1.16 bits per heavy atom. The second kappa shape index (κ2) is 10.7. The fraction of sp³-hybridized carbons (Fsp3) is 0.320. The van der Waals surface area contributed by atoms with Gasteiger partial charge in [0.25, 0.3) is 5.91 Å². The average molecular weight is 436 g/mol. The van der Waals surface area contributed by atoms with E-state index in [-0.39, 0.29) is 18.2 Å². The molecule has 3 rings (SSSR count). The van der Waals surface area contributed by atoms with Crippen molar-refractivity contribution in [2.45, 2.75) is 39.5 Å².